The maximum atomic E-state index is 13.4. The number of nitrogens with one attached hydrogen (secondary N) is 1. The number of amides is 1. The molecule has 0 saturated heterocycles. The summed E-state index contributed by atoms with van der Waals surface area (Å²) in [6, 6.07) is 10.5. The van der Waals surface area contributed by atoms with Crippen LogP contribution in [0.4, 0.5) is 8.78 Å². The lowest BCUT2D eigenvalue weighted by Gasteiger charge is -2.07. The molecule has 0 aliphatic rings. The van der Waals surface area contributed by atoms with E-state index in [4.69, 9.17) is 0 Å². The lowest BCUT2D eigenvalue weighted by atomic mass is 10.1. The lowest BCUT2D eigenvalue weighted by molar-refractivity contribution is 0.0947. The van der Waals surface area contributed by atoms with Crippen LogP contribution in [0.25, 0.3) is 0 Å². The number of carbonyl (C=O) groups is 1. The van der Waals surface area contributed by atoms with Crippen molar-refractivity contribution in [1.82, 2.24) is 5.32 Å². The van der Waals surface area contributed by atoms with Crippen LogP contribution in [-0.4, -0.2) is 5.91 Å². The van der Waals surface area contributed by atoms with Gasteiger partial charge in [-0.1, -0.05) is 40.2 Å². The van der Waals surface area contributed by atoms with Gasteiger partial charge in [-0.15, -0.1) is 0 Å². The van der Waals surface area contributed by atoms with E-state index in [0.717, 1.165) is 28.6 Å². The maximum Gasteiger partial charge on any atom is 0.254 e. The van der Waals surface area contributed by atoms with Gasteiger partial charge in [-0.3, -0.25) is 4.79 Å². The van der Waals surface area contributed by atoms with E-state index < -0.39 is 17.5 Å². The van der Waals surface area contributed by atoms with Crippen molar-refractivity contribution in [3.63, 3.8) is 0 Å². The van der Waals surface area contributed by atoms with Crippen molar-refractivity contribution in [2.24, 2.45) is 0 Å². The molecule has 1 N–H and O–H groups in total. The van der Waals surface area contributed by atoms with Crippen molar-refractivity contribution in [1.29, 1.82) is 0 Å². The zero-order chi connectivity index (χ0) is 14.5. The zero-order valence-electron chi connectivity index (χ0n) is 10.5. The number of benzene rings is 2. The van der Waals surface area contributed by atoms with E-state index in [-0.39, 0.29) is 12.1 Å². The van der Waals surface area contributed by atoms with Crippen molar-refractivity contribution in [2.45, 2.75) is 11.9 Å². The van der Waals surface area contributed by atoms with Gasteiger partial charge in [0, 0.05) is 17.9 Å². The lowest BCUT2D eigenvalue weighted by Crippen LogP contribution is -2.23. The molecule has 0 aliphatic heterocycles. The average molecular weight is 340 g/mol. The SMILES string of the molecule is O=C(NCc1cccc(CBr)c1)c1ccc(F)cc1F. The molecule has 0 atom stereocenters. The molecule has 0 unspecified atom stereocenters. The van der Waals surface area contributed by atoms with Gasteiger partial charge in [0.2, 0.25) is 0 Å². The Hall–Kier alpha value is -1.75. The van der Waals surface area contributed by atoms with Gasteiger partial charge in [0.05, 0.1) is 5.56 Å². The molecule has 2 aromatic rings. The van der Waals surface area contributed by atoms with Crippen molar-refractivity contribution < 1.29 is 13.6 Å². The summed E-state index contributed by atoms with van der Waals surface area (Å²) in [6.45, 7) is 0.288. The molecule has 5 heteroatoms. The minimum atomic E-state index is -0.864. The number of hydrogen-bond donors (Lipinski definition) is 1. The van der Waals surface area contributed by atoms with Crippen LogP contribution in [0.15, 0.2) is 42.5 Å². The predicted octanol–water partition coefficient (Wildman–Crippen LogP) is 3.79. The van der Waals surface area contributed by atoms with Gasteiger partial charge in [0.25, 0.3) is 5.91 Å². The Balaban J connectivity index is 2.04. The topological polar surface area (TPSA) is 29.1 Å². The van der Waals surface area contributed by atoms with Crippen LogP contribution >= 0.6 is 15.9 Å². The fraction of sp³-hybridized carbons (Fsp3) is 0.133. The fourth-order valence-electron chi connectivity index (χ4n) is 1.77. The van der Waals surface area contributed by atoms with E-state index in [1.807, 2.05) is 24.3 Å². The number of hydrogen-bond acceptors (Lipinski definition) is 1. The number of halogens is 3. The van der Waals surface area contributed by atoms with E-state index in [1.54, 1.807) is 0 Å². The third-order valence-corrected chi connectivity index (χ3v) is 3.42. The molecule has 0 heterocycles. The maximum absolute atomic E-state index is 13.4. The molecule has 0 aliphatic carbocycles. The Morgan fingerprint density at radius 3 is 2.55 bits per heavy atom. The molecule has 0 radical (unpaired) electrons. The highest BCUT2D eigenvalue weighted by molar-refractivity contribution is 9.08. The first-order valence-electron chi connectivity index (χ1n) is 5.97. The van der Waals surface area contributed by atoms with Crippen molar-refractivity contribution in [3.8, 4) is 0 Å². The second-order valence-electron chi connectivity index (χ2n) is 4.26. The van der Waals surface area contributed by atoms with Crippen LogP contribution in [0.2, 0.25) is 0 Å². The fourth-order valence-corrected chi connectivity index (χ4v) is 2.12. The molecule has 2 aromatic carbocycles. The molecule has 104 valence electrons. The Morgan fingerprint density at radius 1 is 1.10 bits per heavy atom. The minimum absolute atomic E-state index is 0.164. The van der Waals surface area contributed by atoms with E-state index in [0.29, 0.717) is 6.07 Å². The molecular formula is C15H12BrF2NO. The van der Waals surface area contributed by atoms with Gasteiger partial charge in [-0.2, -0.15) is 0 Å². The molecule has 0 spiro atoms. The van der Waals surface area contributed by atoms with E-state index in [9.17, 15) is 13.6 Å². The minimum Gasteiger partial charge on any atom is -0.348 e. The Labute approximate surface area is 123 Å². The van der Waals surface area contributed by atoms with Crippen LogP contribution < -0.4 is 5.32 Å². The van der Waals surface area contributed by atoms with Gasteiger partial charge in [-0.25, -0.2) is 8.78 Å². The van der Waals surface area contributed by atoms with Gasteiger partial charge in [0.15, 0.2) is 0 Å². The third-order valence-electron chi connectivity index (χ3n) is 2.77. The standard InChI is InChI=1S/C15H12BrF2NO/c16-8-10-2-1-3-11(6-10)9-19-15(20)13-5-4-12(17)7-14(13)18/h1-7H,8-9H2,(H,19,20). The summed E-state index contributed by atoms with van der Waals surface area (Å²) in [5.74, 6) is -2.13. The van der Waals surface area contributed by atoms with E-state index in [1.165, 1.54) is 0 Å². The summed E-state index contributed by atoms with van der Waals surface area (Å²) >= 11 is 3.35. The van der Waals surface area contributed by atoms with Crippen molar-refractivity contribution in [3.05, 3.63) is 70.8 Å². The third kappa shape index (κ3) is 3.63. The predicted molar refractivity (Wildman–Crippen MR) is 76.6 cm³/mol. The molecular weight excluding hydrogens is 328 g/mol. The largest absolute Gasteiger partial charge is 0.348 e. The monoisotopic (exact) mass is 339 g/mol. The molecule has 2 rings (SSSR count). The Bertz CT molecular complexity index is 631. The van der Waals surface area contributed by atoms with Gasteiger partial charge < -0.3 is 5.32 Å². The van der Waals surface area contributed by atoms with E-state index in [2.05, 4.69) is 21.2 Å². The zero-order valence-corrected chi connectivity index (χ0v) is 12.1. The summed E-state index contributed by atoms with van der Waals surface area (Å²) < 4.78 is 26.2. The molecule has 0 bridgehead atoms. The van der Waals surface area contributed by atoms with Crippen LogP contribution in [0.5, 0.6) is 0 Å². The van der Waals surface area contributed by atoms with Crippen LogP contribution in [-0.2, 0) is 11.9 Å². The summed E-state index contributed by atoms with van der Waals surface area (Å²) in [5, 5.41) is 3.33. The van der Waals surface area contributed by atoms with E-state index >= 15 is 0 Å². The molecule has 0 aromatic heterocycles. The van der Waals surface area contributed by atoms with Crippen molar-refractivity contribution >= 4 is 21.8 Å². The Morgan fingerprint density at radius 2 is 1.85 bits per heavy atom. The summed E-state index contributed by atoms with van der Waals surface area (Å²) in [7, 11) is 0. The first-order chi connectivity index (χ1) is 9.60. The molecule has 2 nitrogen and oxygen atoms in total. The first-order valence-corrected chi connectivity index (χ1v) is 7.09. The van der Waals surface area contributed by atoms with Gasteiger partial charge in [0.1, 0.15) is 11.6 Å². The Kier molecular flexibility index (Phi) is 4.84. The molecule has 0 fully saturated rings. The number of rotatable bonds is 4. The summed E-state index contributed by atoms with van der Waals surface area (Å²) in [4.78, 5) is 11.8. The highest BCUT2D eigenvalue weighted by Crippen LogP contribution is 2.11. The second-order valence-corrected chi connectivity index (χ2v) is 4.82. The van der Waals surface area contributed by atoms with Crippen LogP contribution in [0.3, 0.4) is 0 Å². The van der Waals surface area contributed by atoms with Crippen LogP contribution in [0, 0.1) is 11.6 Å². The summed E-state index contributed by atoms with van der Waals surface area (Å²) in [5.41, 5.74) is 1.84. The molecule has 1 amide bonds. The van der Waals surface area contributed by atoms with Gasteiger partial charge >= 0.3 is 0 Å². The number of alkyl halides is 1. The quantitative estimate of drug-likeness (QED) is 0.843. The highest BCUT2D eigenvalue weighted by atomic mass is 79.9. The summed E-state index contributed by atoms with van der Waals surface area (Å²) in [6.07, 6.45) is 0. The molecule has 20 heavy (non-hydrogen) atoms. The van der Waals surface area contributed by atoms with Crippen LogP contribution in [0.1, 0.15) is 21.5 Å². The van der Waals surface area contributed by atoms with Gasteiger partial charge in [-0.05, 0) is 23.3 Å². The molecule has 0 saturated carbocycles. The smallest absolute Gasteiger partial charge is 0.254 e. The number of carbonyl (C=O) groups excluding carboxylic acids is 1. The highest BCUT2D eigenvalue weighted by Gasteiger charge is 2.12. The normalized spacial score (nSPS) is 10.3. The van der Waals surface area contributed by atoms with Crippen molar-refractivity contribution in [2.75, 3.05) is 0 Å². The first kappa shape index (κ1) is 14.7. The average Bonchev–Trinajstić information content (AvgIpc) is 2.45. The second kappa shape index (κ2) is 6.61.